The predicted octanol–water partition coefficient (Wildman–Crippen LogP) is 2.17. The first-order valence-electron chi connectivity index (χ1n) is 3.68. The first kappa shape index (κ1) is 8.46. The summed E-state index contributed by atoms with van der Waals surface area (Å²) >= 11 is 0. The Labute approximate surface area is 68.1 Å². The fraction of sp³-hybridized carbons (Fsp3) is 0.333. The molecule has 0 unspecified atom stereocenters. The molecule has 0 fully saturated rings. The molecule has 0 atom stereocenters. The molecule has 1 rings (SSSR count). The number of benzene rings is 1. The smallest absolute Gasteiger partial charge is 0.123 e. The Bertz CT molecular complexity index is 250. The Morgan fingerprint density at radius 2 is 2.00 bits per heavy atom. The molecule has 0 aromatic heterocycles. The topological polar surface area (TPSA) is 0 Å². The van der Waals surface area contributed by atoms with E-state index in [2.05, 4.69) is 25.7 Å². The minimum absolute atomic E-state index is 0.105. The van der Waals surface area contributed by atoms with E-state index < -0.39 is 8.07 Å². The minimum atomic E-state index is -1.51. The summed E-state index contributed by atoms with van der Waals surface area (Å²) in [7, 11) is -1.51. The van der Waals surface area contributed by atoms with Gasteiger partial charge in [0.25, 0.3) is 0 Å². The molecule has 11 heavy (non-hydrogen) atoms. The van der Waals surface area contributed by atoms with E-state index in [9.17, 15) is 4.39 Å². The Kier molecular flexibility index (Phi) is 2.14. The molecule has 1 aromatic rings. The zero-order chi connectivity index (χ0) is 8.48. The highest BCUT2D eigenvalue weighted by atomic mass is 28.3. The lowest BCUT2D eigenvalue weighted by atomic mass is 10.3. The van der Waals surface area contributed by atoms with E-state index in [1.54, 1.807) is 12.1 Å². The Morgan fingerprint density at radius 3 is 2.36 bits per heavy atom. The van der Waals surface area contributed by atoms with Gasteiger partial charge in [0.15, 0.2) is 0 Å². The SMILES string of the molecule is C[Si](C)(C)c1[c]cccc1F. The lowest BCUT2D eigenvalue weighted by Gasteiger charge is -2.16. The van der Waals surface area contributed by atoms with Gasteiger partial charge in [0.2, 0.25) is 0 Å². The first-order valence-corrected chi connectivity index (χ1v) is 7.18. The molecule has 0 bridgehead atoms. The summed E-state index contributed by atoms with van der Waals surface area (Å²) in [5.74, 6) is -0.105. The van der Waals surface area contributed by atoms with Gasteiger partial charge < -0.3 is 0 Å². The van der Waals surface area contributed by atoms with E-state index in [1.165, 1.54) is 6.07 Å². The van der Waals surface area contributed by atoms with Crippen molar-refractivity contribution >= 4 is 13.3 Å². The van der Waals surface area contributed by atoms with Crippen molar-refractivity contribution in [3.63, 3.8) is 0 Å². The van der Waals surface area contributed by atoms with E-state index in [0.717, 1.165) is 5.19 Å². The van der Waals surface area contributed by atoms with Crippen molar-refractivity contribution in [1.82, 2.24) is 0 Å². The molecular weight excluding hydrogens is 155 g/mol. The maximum Gasteiger partial charge on any atom is 0.123 e. The summed E-state index contributed by atoms with van der Waals surface area (Å²) in [4.78, 5) is 0. The largest absolute Gasteiger partial charge is 0.207 e. The molecule has 0 aliphatic rings. The van der Waals surface area contributed by atoms with Gasteiger partial charge in [-0.05, 0) is 17.3 Å². The fourth-order valence-electron chi connectivity index (χ4n) is 0.991. The second kappa shape index (κ2) is 2.78. The van der Waals surface area contributed by atoms with E-state index >= 15 is 0 Å². The number of hydrogen-bond donors (Lipinski definition) is 0. The average molecular weight is 167 g/mol. The van der Waals surface area contributed by atoms with Gasteiger partial charge in [-0.2, -0.15) is 0 Å². The molecule has 59 valence electrons. The van der Waals surface area contributed by atoms with Gasteiger partial charge in [0.05, 0.1) is 8.07 Å². The monoisotopic (exact) mass is 167 g/mol. The lowest BCUT2D eigenvalue weighted by Crippen LogP contribution is -2.40. The van der Waals surface area contributed by atoms with Crippen molar-refractivity contribution in [2.45, 2.75) is 19.6 Å². The third-order valence-corrected chi connectivity index (χ3v) is 3.44. The summed E-state index contributed by atoms with van der Waals surface area (Å²) in [6.45, 7) is 6.34. The van der Waals surface area contributed by atoms with Crippen LogP contribution < -0.4 is 5.19 Å². The minimum Gasteiger partial charge on any atom is -0.207 e. The van der Waals surface area contributed by atoms with Crippen molar-refractivity contribution in [1.29, 1.82) is 0 Å². The molecule has 0 N–H and O–H groups in total. The van der Waals surface area contributed by atoms with Gasteiger partial charge in [-0.25, -0.2) is 4.39 Å². The van der Waals surface area contributed by atoms with Crippen LogP contribution in [0.15, 0.2) is 18.2 Å². The summed E-state index contributed by atoms with van der Waals surface area (Å²) in [6.07, 6.45) is 0. The van der Waals surface area contributed by atoms with Gasteiger partial charge in [-0.3, -0.25) is 0 Å². The van der Waals surface area contributed by atoms with E-state index in [1.807, 2.05) is 0 Å². The van der Waals surface area contributed by atoms with Crippen molar-refractivity contribution < 1.29 is 4.39 Å². The van der Waals surface area contributed by atoms with Crippen LogP contribution in [0.1, 0.15) is 0 Å². The molecule has 1 radical (unpaired) electrons. The maximum absolute atomic E-state index is 13.1. The van der Waals surface area contributed by atoms with Crippen LogP contribution in [0.4, 0.5) is 4.39 Å². The highest BCUT2D eigenvalue weighted by Gasteiger charge is 2.19. The van der Waals surface area contributed by atoms with E-state index in [-0.39, 0.29) is 5.82 Å². The standard InChI is InChI=1S/C9H12FSi/c1-11(2,3)9-7-5-4-6-8(9)10/h4-6H,1-3H3. The van der Waals surface area contributed by atoms with E-state index in [0.29, 0.717) is 0 Å². The second-order valence-corrected chi connectivity index (χ2v) is 8.64. The van der Waals surface area contributed by atoms with Crippen LogP contribution in [0.2, 0.25) is 19.6 Å². The summed E-state index contributed by atoms with van der Waals surface area (Å²) in [5.41, 5.74) is 0. The Morgan fingerprint density at radius 1 is 1.36 bits per heavy atom. The normalized spacial score (nSPS) is 11.6. The summed E-state index contributed by atoms with van der Waals surface area (Å²) in [6, 6.07) is 7.92. The van der Waals surface area contributed by atoms with Crippen LogP contribution in [0.25, 0.3) is 0 Å². The summed E-state index contributed by atoms with van der Waals surface area (Å²) in [5, 5.41) is 0.792. The van der Waals surface area contributed by atoms with Gasteiger partial charge in [0.1, 0.15) is 5.82 Å². The lowest BCUT2D eigenvalue weighted by molar-refractivity contribution is 0.635. The molecule has 0 amide bonds. The molecule has 0 saturated carbocycles. The molecule has 0 aliphatic heterocycles. The third kappa shape index (κ3) is 1.90. The maximum atomic E-state index is 13.1. The van der Waals surface area contributed by atoms with Crippen molar-refractivity contribution in [3.8, 4) is 0 Å². The Hall–Kier alpha value is -0.633. The molecular formula is C9H12FSi. The number of hydrogen-bond acceptors (Lipinski definition) is 0. The van der Waals surface area contributed by atoms with Crippen LogP contribution in [0.5, 0.6) is 0 Å². The number of halogens is 1. The zero-order valence-corrected chi connectivity index (χ0v) is 8.11. The second-order valence-electron chi connectivity index (χ2n) is 3.64. The van der Waals surface area contributed by atoms with Crippen LogP contribution in [0.3, 0.4) is 0 Å². The molecule has 1 aromatic carbocycles. The average Bonchev–Trinajstić information content (AvgIpc) is 1.86. The quantitative estimate of drug-likeness (QED) is 0.562. The van der Waals surface area contributed by atoms with Crippen LogP contribution in [-0.4, -0.2) is 8.07 Å². The molecule has 0 aliphatic carbocycles. The van der Waals surface area contributed by atoms with Gasteiger partial charge in [-0.15, -0.1) is 0 Å². The predicted molar refractivity (Wildman–Crippen MR) is 48.2 cm³/mol. The zero-order valence-electron chi connectivity index (χ0n) is 7.11. The molecule has 0 spiro atoms. The molecule has 0 saturated heterocycles. The highest BCUT2D eigenvalue weighted by Crippen LogP contribution is 2.04. The van der Waals surface area contributed by atoms with Gasteiger partial charge >= 0.3 is 0 Å². The Balaban J connectivity index is 3.14. The fourth-order valence-corrected chi connectivity index (χ4v) is 2.31. The highest BCUT2D eigenvalue weighted by molar-refractivity contribution is 6.88. The first-order chi connectivity index (χ1) is 5.02. The van der Waals surface area contributed by atoms with Crippen molar-refractivity contribution in [2.24, 2.45) is 0 Å². The summed E-state index contributed by atoms with van der Waals surface area (Å²) < 4.78 is 13.1. The van der Waals surface area contributed by atoms with Crippen molar-refractivity contribution in [2.75, 3.05) is 0 Å². The number of rotatable bonds is 1. The molecule has 0 heterocycles. The van der Waals surface area contributed by atoms with Crippen LogP contribution >= 0.6 is 0 Å². The van der Waals surface area contributed by atoms with Crippen molar-refractivity contribution in [3.05, 3.63) is 30.1 Å². The molecule has 0 nitrogen and oxygen atoms in total. The van der Waals surface area contributed by atoms with Crippen LogP contribution in [-0.2, 0) is 0 Å². The molecule has 2 heteroatoms. The van der Waals surface area contributed by atoms with Gasteiger partial charge in [-0.1, -0.05) is 31.8 Å². The van der Waals surface area contributed by atoms with Crippen LogP contribution in [0, 0.1) is 11.9 Å². The third-order valence-electron chi connectivity index (χ3n) is 1.56. The van der Waals surface area contributed by atoms with E-state index in [4.69, 9.17) is 0 Å². The van der Waals surface area contributed by atoms with Gasteiger partial charge in [0, 0.05) is 0 Å².